The molecule has 0 radical (unpaired) electrons. The van der Waals surface area contributed by atoms with Crippen molar-refractivity contribution >= 4 is 10.0 Å². The second-order valence-corrected chi connectivity index (χ2v) is 8.15. The van der Waals surface area contributed by atoms with E-state index in [1.807, 2.05) is 67.6 Å². The Hall–Kier alpha value is -2.69. The molecule has 3 nitrogen and oxygen atoms in total. The van der Waals surface area contributed by atoms with Crippen molar-refractivity contribution in [3.05, 3.63) is 114 Å². The van der Waals surface area contributed by atoms with Crippen molar-refractivity contribution in [3.63, 3.8) is 0 Å². The molecule has 0 saturated carbocycles. The normalized spacial score (nSPS) is 12.9. The Kier molecular flexibility index (Phi) is 6.22. The van der Waals surface area contributed by atoms with Crippen LogP contribution in [0.15, 0.2) is 102 Å². The summed E-state index contributed by atoms with van der Waals surface area (Å²) in [5, 5.41) is 0. The van der Waals surface area contributed by atoms with Gasteiger partial charge in [0.05, 0.1) is 10.9 Å². The molecule has 0 aliphatic heterocycles. The third kappa shape index (κ3) is 5.39. The van der Waals surface area contributed by atoms with Crippen molar-refractivity contribution in [1.82, 2.24) is 4.72 Å². The minimum atomic E-state index is -3.62. The van der Waals surface area contributed by atoms with Gasteiger partial charge in [0.1, 0.15) is 0 Å². The van der Waals surface area contributed by atoms with Crippen molar-refractivity contribution in [1.29, 1.82) is 0 Å². The van der Waals surface area contributed by atoms with Crippen LogP contribution in [0.4, 0.5) is 0 Å². The monoisotopic (exact) mass is 377 g/mol. The summed E-state index contributed by atoms with van der Waals surface area (Å²) in [6.07, 6.45) is 4.66. The largest absolute Gasteiger partial charge is 0.241 e. The summed E-state index contributed by atoms with van der Waals surface area (Å²) >= 11 is 0. The summed E-state index contributed by atoms with van der Waals surface area (Å²) in [7, 11) is -3.62. The van der Waals surface area contributed by atoms with Gasteiger partial charge in [-0.15, -0.1) is 0 Å². The number of benzene rings is 3. The maximum atomic E-state index is 12.8. The quantitative estimate of drug-likeness (QED) is 0.601. The van der Waals surface area contributed by atoms with E-state index >= 15 is 0 Å². The number of sulfonamides is 1. The summed E-state index contributed by atoms with van der Waals surface area (Å²) in [5.74, 6) is 0. The van der Waals surface area contributed by atoms with E-state index in [4.69, 9.17) is 0 Å². The maximum Gasteiger partial charge on any atom is 0.241 e. The summed E-state index contributed by atoms with van der Waals surface area (Å²) in [6, 6.07) is 26.1. The van der Waals surface area contributed by atoms with E-state index in [9.17, 15) is 8.42 Å². The van der Waals surface area contributed by atoms with Gasteiger partial charge < -0.3 is 0 Å². The SMILES string of the molecule is Cc1ccc(S(=O)(=O)NC(/C=C/Cc2ccccc2)c2ccccc2)cc1. The molecule has 0 bridgehead atoms. The Morgan fingerprint density at radius 3 is 2.07 bits per heavy atom. The lowest BCUT2D eigenvalue weighted by atomic mass is 10.1. The van der Waals surface area contributed by atoms with Gasteiger partial charge in [-0.2, -0.15) is 4.72 Å². The molecule has 0 fully saturated rings. The zero-order valence-electron chi connectivity index (χ0n) is 15.2. The Labute approximate surface area is 161 Å². The minimum Gasteiger partial charge on any atom is -0.207 e. The summed E-state index contributed by atoms with van der Waals surface area (Å²) in [6.45, 7) is 1.93. The van der Waals surface area contributed by atoms with Crippen LogP contribution in [0.5, 0.6) is 0 Å². The first kappa shape index (κ1) is 19.1. The van der Waals surface area contributed by atoms with Crippen LogP contribution in [0.1, 0.15) is 22.7 Å². The average molecular weight is 378 g/mol. The van der Waals surface area contributed by atoms with Gasteiger partial charge in [0, 0.05) is 0 Å². The Balaban J connectivity index is 1.83. The first-order valence-corrected chi connectivity index (χ1v) is 10.4. The molecule has 0 aliphatic carbocycles. The molecule has 0 amide bonds. The topological polar surface area (TPSA) is 46.2 Å². The smallest absolute Gasteiger partial charge is 0.207 e. The molecule has 0 aromatic heterocycles. The van der Waals surface area contributed by atoms with Gasteiger partial charge in [-0.3, -0.25) is 0 Å². The number of aryl methyl sites for hydroxylation is 1. The van der Waals surface area contributed by atoms with E-state index in [-0.39, 0.29) is 4.90 Å². The second kappa shape index (κ2) is 8.80. The third-order valence-electron chi connectivity index (χ3n) is 4.30. The van der Waals surface area contributed by atoms with Crippen molar-refractivity contribution in [3.8, 4) is 0 Å². The molecule has 1 N–H and O–H groups in total. The Morgan fingerprint density at radius 2 is 1.44 bits per heavy atom. The molecule has 0 spiro atoms. The van der Waals surface area contributed by atoms with Crippen LogP contribution in [0.25, 0.3) is 0 Å². The van der Waals surface area contributed by atoms with Crippen LogP contribution < -0.4 is 4.72 Å². The molecular weight excluding hydrogens is 354 g/mol. The van der Waals surface area contributed by atoms with Crippen molar-refractivity contribution in [2.45, 2.75) is 24.3 Å². The lowest BCUT2D eigenvalue weighted by Crippen LogP contribution is -2.27. The van der Waals surface area contributed by atoms with E-state index in [1.54, 1.807) is 24.3 Å². The predicted octanol–water partition coefficient (Wildman–Crippen LogP) is 4.81. The molecule has 4 heteroatoms. The van der Waals surface area contributed by atoms with Crippen LogP contribution in [-0.2, 0) is 16.4 Å². The molecule has 138 valence electrons. The van der Waals surface area contributed by atoms with Gasteiger partial charge in [0.15, 0.2) is 0 Å². The van der Waals surface area contributed by atoms with Crippen molar-refractivity contribution in [2.24, 2.45) is 0 Å². The highest BCUT2D eigenvalue weighted by Crippen LogP contribution is 2.19. The number of hydrogen-bond donors (Lipinski definition) is 1. The van der Waals surface area contributed by atoms with Gasteiger partial charge in [-0.25, -0.2) is 8.42 Å². The molecule has 1 atom stereocenters. The van der Waals surface area contributed by atoms with Gasteiger partial charge in [0.2, 0.25) is 10.0 Å². The van der Waals surface area contributed by atoms with Gasteiger partial charge in [-0.1, -0.05) is 90.5 Å². The molecule has 3 aromatic carbocycles. The van der Waals surface area contributed by atoms with E-state index < -0.39 is 16.1 Å². The fourth-order valence-corrected chi connectivity index (χ4v) is 3.97. The van der Waals surface area contributed by atoms with Crippen LogP contribution >= 0.6 is 0 Å². The number of hydrogen-bond acceptors (Lipinski definition) is 2. The van der Waals surface area contributed by atoms with Crippen LogP contribution in [-0.4, -0.2) is 8.42 Å². The average Bonchev–Trinajstić information content (AvgIpc) is 2.69. The second-order valence-electron chi connectivity index (χ2n) is 6.44. The van der Waals surface area contributed by atoms with Gasteiger partial charge >= 0.3 is 0 Å². The molecule has 3 aromatic rings. The Morgan fingerprint density at radius 1 is 0.852 bits per heavy atom. The first-order chi connectivity index (χ1) is 13.0. The van der Waals surface area contributed by atoms with E-state index in [2.05, 4.69) is 16.9 Å². The van der Waals surface area contributed by atoms with Crippen molar-refractivity contribution in [2.75, 3.05) is 0 Å². The van der Waals surface area contributed by atoms with E-state index in [1.165, 1.54) is 5.56 Å². The Bertz CT molecular complexity index is 980. The fourth-order valence-electron chi connectivity index (χ4n) is 2.79. The number of nitrogens with one attached hydrogen (secondary N) is 1. The van der Waals surface area contributed by atoms with Gasteiger partial charge in [-0.05, 0) is 36.6 Å². The summed E-state index contributed by atoms with van der Waals surface area (Å²) in [5.41, 5.74) is 3.11. The standard InChI is InChI=1S/C23H23NO2S/c1-19-15-17-22(18-16-19)27(25,26)24-23(21-12-6-3-7-13-21)14-8-11-20-9-4-2-5-10-20/h2-10,12-18,23-24H,11H2,1H3/b14-8+. The number of rotatable bonds is 7. The predicted molar refractivity (Wildman–Crippen MR) is 110 cm³/mol. The molecule has 3 rings (SSSR count). The molecule has 0 heterocycles. The first-order valence-electron chi connectivity index (χ1n) is 8.89. The van der Waals surface area contributed by atoms with E-state index in [0.29, 0.717) is 0 Å². The van der Waals surface area contributed by atoms with Crippen LogP contribution in [0, 0.1) is 6.92 Å². The third-order valence-corrected chi connectivity index (χ3v) is 5.75. The molecular formula is C23H23NO2S. The molecule has 1 unspecified atom stereocenters. The summed E-state index contributed by atoms with van der Waals surface area (Å²) < 4.78 is 28.4. The van der Waals surface area contributed by atoms with Crippen molar-refractivity contribution < 1.29 is 8.42 Å². The zero-order valence-corrected chi connectivity index (χ0v) is 16.1. The highest BCUT2D eigenvalue weighted by molar-refractivity contribution is 7.89. The summed E-state index contributed by atoms with van der Waals surface area (Å²) in [4.78, 5) is 0.269. The fraction of sp³-hybridized carbons (Fsp3) is 0.130. The van der Waals surface area contributed by atoms with Crippen LogP contribution in [0.2, 0.25) is 0 Å². The van der Waals surface area contributed by atoms with Crippen LogP contribution in [0.3, 0.4) is 0 Å². The van der Waals surface area contributed by atoms with E-state index in [0.717, 1.165) is 17.5 Å². The lowest BCUT2D eigenvalue weighted by Gasteiger charge is -2.16. The highest BCUT2D eigenvalue weighted by atomic mass is 32.2. The lowest BCUT2D eigenvalue weighted by molar-refractivity contribution is 0.574. The number of allylic oxidation sites excluding steroid dienone is 1. The minimum absolute atomic E-state index is 0.269. The molecule has 0 saturated heterocycles. The highest BCUT2D eigenvalue weighted by Gasteiger charge is 2.19. The maximum absolute atomic E-state index is 12.8. The molecule has 27 heavy (non-hydrogen) atoms. The zero-order chi connectivity index (χ0) is 19.1. The van der Waals surface area contributed by atoms with Gasteiger partial charge in [0.25, 0.3) is 0 Å². The molecule has 0 aliphatic rings.